The highest BCUT2D eigenvalue weighted by atomic mass is 31.0. The molecule has 0 radical (unpaired) electrons. The average molecular weight is 512 g/mol. The van der Waals surface area contributed by atoms with Gasteiger partial charge in [-0.3, -0.25) is 4.79 Å². The van der Waals surface area contributed by atoms with Crippen LogP contribution in [0.25, 0.3) is 0 Å². The van der Waals surface area contributed by atoms with Gasteiger partial charge in [0.2, 0.25) is 5.91 Å². The molecule has 188 valence electrons. The third-order valence-electron chi connectivity index (χ3n) is 6.95. The molecule has 2 unspecified atom stereocenters. The molecule has 0 bridgehead atoms. The van der Waals surface area contributed by atoms with Crippen molar-refractivity contribution in [2.75, 3.05) is 18.1 Å². The third kappa shape index (κ3) is 4.75. The SMILES string of the molecule is CC1COC(CCC2C(=O)N(c3ccc(F)cc3)[C@@H]2c2ccc(OP)cc2)(c2ccc(F)cc2)OC1. The lowest BCUT2D eigenvalue weighted by Gasteiger charge is -2.49. The first kappa shape index (κ1) is 24.8. The zero-order valence-electron chi connectivity index (χ0n) is 19.9. The van der Waals surface area contributed by atoms with E-state index < -0.39 is 5.79 Å². The van der Waals surface area contributed by atoms with Gasteiger partial charge >= 0.3 is 0 Å². The first-order valence-electron chi connectivity index (χ1n) is 12.0. The number of ether oxygens (including phenoxy) is 2. The van der Waals surface area contributed by atoms with E-state index in [1.54, 1.807) is 29.2 Å². The Kier molecular flexibility index (Phi) is 7.07. The van der Waals surface area contributed by atoms with Crippen molar-refractivity contribution in [2.45, 2.75) is 31.6 Å². The first-order chi connectivity index (χ1) is 17.4. The van der Waals surface area contributed by atoms with E-state index >= 15 is 0 Å². The van der Waals surface area contributed by atoms with Crippen LogP contribution in [0.4, 0.5) is 14.5 Å². The third-order valence-corrected chi connectivity index (χ3v) is 7.22. The smallest absolute Gasteiger partial charge is 0.233 e. The summed E-state index contributed by atoms with van der Waals surface area (Å²) in [5.74, 6) is -1.18. The van der Waals surface area contributed by atoms with Crippen molar-refractivity contribution in [3.05, 3.63) is 95.6 Å². The van der Waals surface area contributed by atoms with Crippen molar-refractivity contribution >= 4 is 21.1 Å². The Labute approximate surface area is 211 Å². The number of halogens is 2. The molecule has 2 heterocycles. The molecular formula is C28H28F2NO4P. The Bertz CT molecular complexity index is 1200. The van der Waals surface area contributed by atoms with Crippen LogP contribution in [0.1, 0.15) is 36.9 Å². The molecule has 2 fully saturated rings. The van der Waals surface area contributed by atoms with Crippen molar-refractivity contribution in [2.24, 2.45) is 11.8 Å². The number of benzene rings is 3. The second kappa shape index (κ2) is 10.3. The van der Waals surface area contributed by atoms with Crippen LogP contribution in [-0.4, -0.2) is 19.1 Å². The quantitative estimate of drug-likeness (QED) is 0.282. The lowest BCUT2D eigenvalue weighted by atomic mass is 9.77. The molecule has 3 atom stereocenters. The Morgan fingerprint density at radius 1 is 0.944 bits per heavy atom. The predicted molar refractivity (Wildman–Crippen MR) is 135 cm³/mol. The van der Waals surface area contributed by atoms with Gasteiger partial charge in [0, 0.05) is 23.6 Å². The van der Waals surface area contributed by atoms with Crippen LogP contribution in [0.3, 0.4) is 0 Å². The molecule has 1 amide bonds. The molecule has 2 aliphatic rings. The Morgan fingerprint density at radius 2 is 1.53 bits per heavy atom. The molecule has 3 aromatic rings. The normalized spacial score (nSPS) is 25.9. The maximum Gasteiger partial charge on any atom is 0.233 e. The Morgan fingerprint density at radius 3 is 2.11 bits per heavy atom. The van der Waals surface area contributed by atoms with Gasteiger partial charge in [-0.2, -0.15) is 0 Å². The molecule has 0 aliphatic carbocycles. The number of anilines is 1. The molecule has 36 heavy (non-hydrogen) atoms. The fourth-order valence-corrected chi connectivity index (χ4v) is 5.15. The summed E-state index contributed by atoms with van der Waals surface area (Å²) >= 11 is 0. The van der Waals surface area contributed by atoms with Crippen LogP contribution >= 0.6 is 9.47 Å². The molecule has 0 aromatic heterocycles. The van der Waals surface area contributed by atoms with E-state index in [2.05, 4.69) is 9.47 Å². The van der Waals surface area contributed by atoms with Crippen LogP contribution in [0.15, 0.2) is 72.8 Å². The zero-order chi connectivity index (χ0) is 25.3. The minimum Gasteiger partial charge on any atom is -0.480 e. The summed E-state index contributed by atoms with van der Waals surface area (Å²) in [5.41, 5.74) is 2.32. The van der Waals surface area contributed by atoms with Crippen LogP contribution in [0.2, 0.25) is 0 Å². The maximum absolute atomic E-state index is 13.6. The van der Waals surface area contributed by atoms with E-state index in [0.717, 1.165) is 11.1 Å². The van der Waals surface area contributed by atoms with Gasteiger partial charge in [-0.15, -0.1) is 0 Å². The lowest BCUT2D eigenvalue weighted by molar-refractivity contribution is -0.295. The van der Waals surface area contributed by atoms with Gasteiger partial charge in [0.15, 0.2) is 5.79 Å². The lowest BCUT2D eigenvalue weighted by Crippen LogP contribution is -2.56. The minimum atomic E-state index is -1.04. The number of carbonyl (C=O) groups excluding carboxylic acids is 1. The molecular weight excluding hydrogens is 483 g/mol. The van der Waals surface area contributed by atoms with Crippen molar-refractivity contribution in [3.8, 4) is 5.75 Å². The second-order valence-corrected chi connectivity index (χ2v) is 9.68. The molecule has 3 aromatic carbocycles. The van der Waals surface area contributed by atoms with E-state index in [4.69, 9.17) is 14.0 Å². The van der Waals surface area contributed by atoms with Crippen LogP contribution in [-0.2, 0) is 20.1 Å². The molecule has 2 saturated heterocycles. The van der Waals surface area contributed by atoms with Gasteiger partial charge in [0.25, 0.3) is 0 Å². The van der Waals surface area contributed by atoms with Crippen molar-refractivity contribution in [1.82, 2.24) is 0 Å². The summed E-state index contributed by atoms with van der Waals surface area (Å²) < 4.78 is 44.8. The number of hydrogen-bond acceptors (Lipinski definition) is 4. The average Bonchev–Trinajstić information content (AvgIpc) is 2.90. The zero-order valence-corrected chi connectivity index (χ0v) is 21.1. The molecule has 5 nitrogen and oxygen atoms in total. The van der Waals surface area contributed by atoms with Gasteiger partial charge < -0.3 is 18.9 Å². The van der Waals surface area contributed by atoms with E-state index in [-0.39, 0.29) is 35.4 Å². The second-order valence-electron chi connectivity index (χ2n) is 9.45. The largest absolute Gasteiger partial charge is 0.480 e. The van der Waals surface area contributed by atoms with Crippen LogP contribution in [0.5, 0.6) is 5.75 Å². The van der Waals surface area contributed by atoms with Gasteiger partial charge in [-0.25, -0.2) is 8.78 Å². The van der Waals surface area contributed by atoms with Crippen molar-refractivity contribution < 1.29 is 27.6 Å². The number of nitrogens with zero attached hydrogens (tertiary/aromatic N) is 1. The van der Waals surface area contributed by atoms with Crippen molar-refractivity contribution in [3.63, 3.8) is 0 Å². The topological polar surface area (TPSA) is 48.0 Å². The molecule has 8 heteroatoms. The summed E-state index contributed by atoms with van der Waals surface area (Å²) in [6.45, 7) is 3.07. The van der Waals surface area contributed by atoms with E-state index in [1.165, 1.54) is 24.3 Å². The highest BCUT2D eigenvalue weighted by Crippen LogP contribution is 2.48. The number of rotatable bonds is 7. The number of carbonyl (C=O) groups is 1. The summed E-state index contributed by atoms with van der Waals surface area (Å²) in [4.78, 5) is 15.1. The fraction of sp³-hybridized carbons (Fsp3) is 0.321. The maximum atomic E-state index is 13.6. The van der Waals surface area contributed by atoms with E-state index in [9.17, 15) is 13.6 Å². The Hall–Kier alpha value is -2.86. The molecule has 2 aliphatic heterocycles. The first-order valence-corrected chi connectivity index (χ1v) is 12.5. The molecule has 5 rings (SSSR count). The predicted octanol–water partition coefficient (Wildman–Crippen LogP) is 6.15. The molecule has 0 N–H and O–H groups in total. The van der Waals surface area contributed by atoms with E-state index in [0.29, 0.717) is 37.5 Å². The summed E-state index contributed by atoms with van der Waals surface area (Å²) in [6.07, 6.45) is 0.928. The van der Waals surface area contributed by atoms with Gasteiger partial charge in [0.05, 0.1) is 34.6 Å². The molecule has 0 saturated carbocycles. The van der Waals surface area contributed by atoms with Crippen molar-refractivity contribution in [1.29, 1.82) is 0 Å². The Balaban J connectivity index is 1.43. The van der Waals surface area contributed by atoms with Gasteiger partial charge in [-0.05, 0) is 60.5 Å². The highest BCUT2D eigenvalue weighted by Gasteiger charge is 2.50. The minimum absolute atomic E-state index is 0.0450. The van der Waals surface area contributed by atoms with E-state index in [1.807, 2.05) is 31.2 Å². The van der Waals surface area contributed by atoms with Gasteiger partial charge in [0.1, 0.15) is 17.4 Å². The fourth-order valence-electron chi connectivity index (χ4n) is 4.99. The standard InChI is InChI=1S/C28H28F2NO4P/c1-18-16-33-28(34-17-18,20-4-6-21(29)7-5-20)15-14-25-26(19-2-12-24(35-36)13-3-19)31(27(25)32)23-10-8-22(30)9-11-23/h2-13,18,25-26H,14-17,36H2,1H3/t18?,25?,26-,28?/m1/s1. The summed E-state index contributed by atoms with van der Waals surface area (Å²) in [6, 6.07) is 19.4. The van der Waals surface area contributed by atoms with Crippen LogP contribution < -0.4 is 9.42 Å². The highest BCUT2D eigenvalue weighted by molar-refractivity contribution is 7.10. The number of amides is 1. The number of β-lactam (4-membered cyclic amide) rings is 1. The number of hydrogen-bond donors (Lipinski definition) is 0. The summed E-state index contributed by atoms with van der Waals surface area (Å²) in [5, 5.41) is 0. The molecule has 0 spiro atoms. The monoisotopic (exact) mass is 511 g/mol. The van der Waals surface area contributed by atoms with Crippen LogP contribution in [0, 0.1) is 23.5 Å². The van der Waals surface area contributed by atoms with Gasteiger partial charge in [-0.1, -0.05) is 31.2 Å². The summed E-state index contributed by atoms with van der Waals surface area (Å²) in [7, 11) is 2.22.